The largest absolute Gasteiger partial charge is 0.457 e. The first-order chi connectivity index (χ1) is 18.7. The maximum absolute atomic E-state index is 13.2. The summed E-state index contributed by atoms with van der Waals surface area (Å²) < 4.78 is 7.79. The Bertz CT molecular complexity index is 1560. The van der Waals surface area contributed by atoms with E-state index in [0.29, 0.717) is 41.4 Å². The lowest BCUT2D eigenvalue weighted by Gasteiger charge is -2.33. The van der Waals surface area contributed by atoms with Gasteiger partial charge in [0.25, 0.3) is 5.91 Å². The van der Waals surface area contributed by atoms with Crippen molar-refractivity contribution < 1.29 is 9.53 Å². The molecule has 1 aliphatic heterocycles. The lowest BCUT2D eigenvalue weighted by Crippen LogP contribution is -2.41. The predicted molar refractivity (Wildman–Crippen MR) is 150 cm³/mol. The number of nitriles is 1. The number of nitrogens with zero attached hydrogens (tertiary/aromatic N) is 6. The van der Waals surface area contributed by atoms with Crippen LogP contribution >= 0.6 is 0 Å². The summed E-state index contributed by atoms with van der Waals surface area (Å²) in [4.78, 5) is 23.7. The predicted octanol–water partition coefficient (Wildman–Crippen LogP) is 5.53. The van der Waals surface area contributed by atoms with E-state index < -0.39 is 0 Å². The number of hydrogen-bond acceptors (Lipinski definition) is 7. The number of para-hydroxylation sites is 1. The van der Waals surface area contributed by atoms with Gasteiger partial charge in [0.05, 0.1) is 11.4 Å². The molecule has 2 aromatic carbocycles. The number of aromatic nitrogens is 4. The van der Waals surface area contributed by atoms with Crippen LogP contribution in [-0.4, -0.2) is 43.6 Å². The summed E-state index contributed by atoms with van der Waals surface area (Å²) in [5, 5.41) is 15.3. The molecule has 5 rings (SSSR count). The number of nitrogens with two attached hydrogens (primary N) is 1. The van der Waals surface area contributed by atoms with Crippen LogP contribution in [0.15, 0.2) is 72.6 Å². The van der Waals surface area contributed by atoms with Crippen molar-refractivity contribution in [2.75, 3.05) is 18.8 Å². The van der Waals surface area contributed by atoms with Gasteiger partial charge in [-0.15, -0.1) is 0 Å². The average Bonchev–Trinajstić information content (AvgIpc) is 3.33. The zero-order valence-corrected chi connectivity index (χ0v) is 22.3. The number of piperidine rings is 1. The van der Waals surface area contributed by atoms with Gasteiger partial charge in [0.2, 0.25) is 0 Å². The highest BCUT2D eigenvalue weighted by Crippen LogP contribution is 2.35. The van der Waals surface area contributed by atoms with Gasteiger partial charge in [-0.2, -0.15) is 10.4 Å². The number of ether oxygens (including phenoxy) is 1. The van der Waals surface area contributed by atoms with E-state index in [9.17, 15) is 10.1 Å². The van der Waals surface area contributed by atoms with E-state index in [2.05, 4.69) is 16.0 Å². The third kappa shape index (κ3) is 5.60. The summed E-state index contributed by atoms with van der Waals surface area (Å²) >= 11 is 0. The van der Waals surface area contributed by atoms with Gasteiger partial charge in [-0.25, -0.2) is 14.6 Å². The molecule has 1 atom stereocenters. The Balaban J connectivity index is 1.46. The molecule has 1 saturated heterocycles. The number of hydrogen-bond donors (Lipinski definition) is 1. The number of amides is 1. The second-order valence-electron chi connectivity index (χ2n) is 10.8. The number of benzene rings is 2. The fourth-order valence-electron chi connectivity index (χ4n) is 4.84. The van der Waals surface area contributed by atoms with E-state index in [1.54, 1.807) is 11.0 Å². The number of carbonyl (C=O) groups excluding carboxylic acids is 1. The van der Waals surface area contributed by atoms with Crippen LogP contribution in [0.4, 0.5) is 5.82 Å². The van der Waals surface area contributed by atoms with E-state index in [4.69, 9.17) is 15.6 Å². The molecule has 0 bridgehead atoms. The Morgan fingerprint density at radius 3 is 2.51 bits per heavy atom. The monoisotopic (exact) mass is 521 g/mol. The number of fused-ring (bicyclic) bond motifs is 1. The fourth-order valence-corrected chi connectivity index (χ4v) is 4.84. The van der Waals surface area contributed by atoms with Gasteiger partial charge < -0.3 is 15.4 Å². The summed E-state index contributed by atoms with van der Waals surface area (Å²) in [6.07, 6.45) is 4.77. The van der Waals surface area contributed by atoms with Gasteiger partial charge in [0.15, 0.2) is 5.65 Å². The number of carbonyl (C=O) groups is 1. The van der Waals surface area contributed by atoms with Gasteiger partial charge >= 0.3 is 0 Å². The molecule has 39 heavy (non-hydrogen) atoms. The van der Waals surface area contributed by atoms with Crippen molar-refractivity contribution in [1.82, 2.24) is 24.6 Å². The van der Waals surface area contributed by atoms with E-state index in [1.165, 1.54) is 6.33 Å². The van der Waals surface area contributed by atoms with E-state index >= 15 is 0 Å². The van der Waals surface area contributed by atoms with Crippen LogP contribution in [0.3, 0.4) is 0 Å². The molecule has 0 aliphatic carbocycles. The SMILES string of the molecule is CC(C)(C)/C=C(\C#N)C(=O)N1CCCC(n2nc(-c3ccc(Oc4ccccc4)cc3)c3c(N)ncnc32)C1. The van der Waals surface area contributed by atoms with Crippen molar-refractivity contribution in [1.29, 1.82) is 5.26 Å². The van der Waals surface area contributed by atoms with Gasteiger partial charge in [0.1, 0.15) is 41.0 Å². The van der Waals surface area contributed by atoms with Gasteiger partial charge in [0, 0.05) is 18.7 Å². The molecule has 0 radical (unpaired) electrons. The first kappa shape index (κ1) is 25.9. The Labute approximate surface area is 227 Å². The number of allylic oxidation sites excluding steroid dienone is 1. The third-order valence-electron chi connectivity index (χ3n) is 6.58. The topological polar surface area (TPSA) is 123 Å². The van der Waals surface area contributed by atoms with Crippen molar-refractivity contribution in [3.63, 3.8) is 0 Å². The van der Waals surface area contributed by atoms with Crippen molar-refractivity contribution in [2.24, 2.45) is 5.41 Å². The Morgan fingerprint density at radius 1 is 1.10 bits per heavy atom. The third-order valence-corrected chi connectivity index (χ3v) is 6.58. The second kappa shape index (κ2) is 10.6. The minimum atomic E-state index is -0.279. The molecule has 4 aromatic rings. The molecule has 1 unspecified atom stereocenters. The van der Waals surface area contributed by atoms with Crippen molar-refractivity contribution in [3.8, 4) is 28.8 Å². The van der Waals surface area contributed by atoms with Crippen molar-refractivity contribution in [2.45, 2.75) is 39.7 Å². The summed E-state index contributed by atoms with van der Waals surface area (Å²) in [5.41, 5.74) is 8.35. The quantitative estimate of drug-likeness (QED) is 0.271. The molecule has 2 N–H and O–H groups in total. The molecule has 1 fully saturated rings. The summed E-state index contributed by atoms with van der Waals surface area (Å²) in [5.74, 6) is 1.55. The van der Waals surface area contributed by atoms with Crippen LogP contribution in [-0.2, 0) is 4.79 Å². The Hall–Kier alpha value is -4.71. The van der Waals surface area contributed by atoms with Crippen LogP contribution < -0.4 is 10.5 Å². The second-order valence-corrected chi connectivity index (χ2v) is 10.8. The lowest BCUT2D eigenvalue weighted by molar-refractivity contribution is -0.128. The molecular weight excluding hydrogens is 490 g/mol. The van der Waals surface area contributed by atoms with Gasteiger partial charge in [-0.3, -0.25) is 4.79 Å². The molecule has 1 aliphatic rings. The highest BCUT2D eigenvalue weighted by molar-refractivity contribution is 5.99. The van der Waals surface area contributed by atoms with Crippen molar-refractivity contribution >= 4 is 22.8 Å². The molecular formula is C30H31N7O2. The van der Waals surface area contributed by atoms with Crippen LogP contribution in [0, 0.1) is 16.7 Å². The number of rotatable bonds is 5. The number of anilines is 1. The van der Waals surface area contributed by atoms with Crippen LogP contribution in [0.5, 0.6) is 11.5 Å². The normalized spacial score (nSPS) is 16.2. The zero-order chi connectivity index (χ0) is 27.6. The van der Waals surface area contributed by atoms with E-state index in [0.717, 1.165) is 24.2 Å². The molecule has 3 heterocycles. The molecule has 1 amide bonds. The molecule has 198 valence electrons. The summed E-state index contributed by atoms with van der Waals surface area (Å²) in [7, 11) is 0. The highest BCUT2D eigenvalue weighted by Gasteiger charge is 2.30. The zero-order valence-electron chi connectivity index (χ0n) is 22.3. The first-order valence-corrected chi connectivity index (χ1v) is 13.0. The standard InChI is InChI=1S/C30H31N7O2/c1-30(2,3)16-21(17-31)29(38)36-15-7-8-22(18-36)37-28-25(27(32)33-19-34-28)26(35-37)20-11-13-24(14-12-20)39-23-9-5-4-6-10-23/h4-6,9-14,16,19,22H,7-8,15,18H2,1-3H3,(H2,32,33,34)/b21-16+. The number of likely N-dealkylation sites (tertiary alicyclic amines) is 1. The van der Waals surface area contributed by atoms with E-state index in [1.807, 2.05) is 80.1 Å². The van der Waals surface area contributed by atoms with Gasteiger partial charge in [-0.05, 0) is 54.7 Å². The Morgan fingerprint density at radius 2 is 1.82 bits per heavy atom. The average molecular weight is 522 g/mol. The Kier molecular flexibility index (Phi) is 7.03. The molecule has 0 saturated carbocycles. The van der Waals surface area contributed by atoms with E-state index in [-0.39, 0.29) is 22.9 Å². The van der Waals surface area contributed by atoms with Crippen LogP contribution in [0.25, 0.3) is 22.3 Å². The molecule has 0 spiro atoms. The smallest absolute Gasteiger partial charge is 0.264 e. The fraction of sp³-hybridized carbons (Fsp3) is 0.300. The molecule has 2 aromatic heterocycles. The van der Waals surface area contributed by atoms with Gasteiger partial charge in [-0.1, -0.05) is 45.0 Å². The number of nitrogen functional groups attached to an aromatic ring is 1. The summed E-state index contributed by atoms with van der Waals surface area (Å²) in [6.45, 7) is 6.92. The molecule has 9 nitrogen and oxygen atoms in total. The maximum Gasteiger partial charge on any atom is 0.264 e. The highest BCUT2D eigenvalue weighted by atomic mass is 16.5. The van der Waals surface area contributed by atoms with Crippen molar-refractivity contribution in [3.05, 3.63) is 72.6 Å². The minimum Gasteiger partial charge on any atom is -0.457 e. The molecule has 9 heteroatoms. The lowest BCUT2D eigenvalue weighted by atomic mass is 9.93. The van der Waals surface area contributed by atoms with Crippen LogP contribution in [0.2, 0.25) is 0 Å². The maximum atomic E-state index is 13.2. The van der Waals surface area contributed by atoms with Crippen LogP contribution in [0.1, 0.15) is 39.7 Å². The summed E-state index contributed by atoms with van der Waals surface area (Å²) in [6, 6.07) is 19.2. The minimum absolute atomic E-state index is 0.122. The first-order valence-electron chi connectivity index (χ1n) is 13.0.